The summed E-state index contributed by atoms with van der Waals surface area (Å²) in [6.07, 6.45) is 17.5. The molecule has 2 fully saturated rings. The summed E-state index contributed by atoms with van der Waals surface area (Å²) in [5.41, 5.74) is 1.25. The van der Waals surface area contributed by atoms with E-state index < -0.39 is 6.10 Å². The maximum atomic E-state index is 11.6. The fourth-order valence-electron chi connectivity index (χ4n) is 5.24. The minimum absolute atomic E-state index is 0.108. The summed E-state index contributed by atoms with van der Waals surface area (Å²) in [5, 5.41) is 13.5. The molecule has 1 aliphatic carbocycles. The Labute approximate surface area is 212 Å². The molecule has 1 heterocycles. The number of fused-ring (bicyclic) bond motifs is 2. The minimum Gasteiger partial charge on any atom is -0.408 e. The van der Waals surface area contributed by atoms with Gasteiger partial charge in [-0.15, -0.1) is 0 Å². The van der Waals surface area contributed by atoms with Crippen LogP contribution < -0.4 is 5.32 Å². The van der Waals surface area contributed by atoms with E-state index in [0.29, 0.717) is 25.3 Å². The molecule has 1 saturated carbocycles. The summed E-state index contributed by atoms with van der Waals surface area (Å²) in [6.45, 7) is 4.83. The number of aliphatic hydroxyl groups is 1. The Morgan fingerprint density at radius 1 is 1.17 bits per heavy atom. The number of nitrogens with one attached hydrogen (secondary N) is 1. The van der Waals surface area contributed by atoms with Gasteiger partial charge in [-0.2, -0.15) is 0 Å². The molecule has 2 N–H and O–H groups in total. The zero-order valence-electron chi connectivity index (χ0n) is 21.6. The fourth-order valence-corrected chi connectivity index (χ4v) is 5.24. The van der Waals surface area contributed by atoms with Crippen LogP contribution in [0.4, 0.5) is 0 Å². The highest BCUT2D eigenvalue weighted by Gasteiger charge is 2.49. The summed E-state index contributed by atoms with van der Waals surface area (Å²) in [4.78, 5) is 11.6. The average molecular weight is 481 g/mol. The Hall–Kier alpha value is -1.89. The van der Waals surface area contributed by atoms with Gasteiger partial charge in [0.15, 0.2) is 0 Å². The van der Waals surface area contributed by atoms with Gasteiger partial charge < -0.3 is 19.7 Å². The molecule has 2 unspecified atom stereocenters. The molecule has 1 amide bonds. The van der Waals surface area contributed by atoms with Crippen molar-refractivity contribution in [1.29, 1.82) is 0 Å². The van der Waals surface area contributed by atoms with E-state index in [4.69, 9.17) is 9.31 Å². The molecule has 1 aromatic rings. The van der Waals surface area contributed by atoms with Crippen LogP contribution in [0.25, 0.3) is 0 Å². The first-order chi connectivity index (χ1) is 17.1. The highest BCUT2D eigenvalue weighted by Crippen LogP contribution is 2.44. The highest BCUT2D eigenvalue weighted by atomic mass is 16.6. The number of hydrogen-bond donors (Lipinski definition) is 2. The third-order valence-corrected chi connectivity index (χ3v) is 7.16. The monoisotopic (exact) mass is 481 g/mol. The van der Waals surface area contributed by atoms with E-state index in [9.17, 15) is 9.90 Å². The Balaban J connectivity index is 1.55. The smallest absolute Gasteiger partial charge is 0.408 e. The first-order valence-corrected chi connectivity index (χ1v) is 13.7. The predicted molar refractivity (Wildman–Crippen MR) is 143 cm³/mol. The van der Waals surface area contributed by atoms with Gasteiger partial charge in [0.25, 0.3) is 0 Å². The van der Waals surface area contributed by atoms with Gasteiger partial charge in [-0.25, -0.2) is 0 Å². The van der Waals surface area contributed by atoms with Gasteiger partial charge in [-0.1, -0.05) is 74.4 Å². The van der Waals surface area contributed by atoms with Crippen LogP contribution in [0, 0.1) is 11.8 Å². The van der Waals surface area contributed by atoms with Crippen molar-refractivity contribution in [3.63, 3.8) is 0 Å². The molecule has 2 aliphatic rings. The molecule has 2 bridgehead atoms. The Bertz CT molecular complexity index is 799. The Morgan fingerprint density at radius 2 is 1.97 bits per heavy atom. The second kappa shape index (κ2) is 15.3. The number of rotatable bonds is 15. The number of aryl methyl sites for hydroxylation is 1. The predicted octanol–water partition coefficient (Wildman–Crippen LogP) is 5.50. The van der Waals surface area contributed by atoms with Gasteiger partial charge in [0.2, 0.25) is 5.91 Å². The van der Waals surface area contributed by atoms with Gasteiger partial charge in [0.1, 0.15) is 0 Å². The lowest BCUT2D eigenvalue weighted by molar-refractivity contribution is -0.121. The molecule has 0 aromatic heterocycles. The first kappa shape index (κ1) is 27.7. The zero-order chi connectivity index (χ0) is 24.9. The van der Waals surface area contributed by atoms with E-state index in [1.807, 2.05) is 31.2 Å². The maximum absolute atomic E-state index is 11.6. The summed E-state index contributed by atoms with van der Waals surface area (Å²) in [5.74, 6) is 0.729. The molecule has 35 heavy (non-hydrogen) atoms. The summed E-state index contributed by atoms with van der Waals surface area (Å²) >= 11 is 0. The van der Waals surface area contributed by atoms with Crippen molar-refractivity contribution in [2.75, 3.05) is 6.54 Å². The Morgan fingerprint density at radius 3 is 2.74 bits per heavy atom. The van der Waals surface area contributed by atoms with Crippen molar-refractivity contribution in [2.45, 2.75) is 96.3 Å². The lowest BCUT2D eigenvalue weighted by Crippen LogP contribution is -2.37. The van der Waals surface area contributed by atoms with Crippen LogP contribution in [-0.4, -0.2) is 43.0 Å². The average Bonchev–Trinajstić information content (AvgIpc) is 3.11. The van der Waals surface area contributed by atoms with E-state index in [0.717, 1.165) is 51.3 Å². The largest absolute Gasteiger partial charge is 0.457 e. The highest BCUT2D eigenvalue weighted by molar-refractivity contribution is 6.44. The number of aliphatic hydroxyl groups excluding tert-OH is 1. The molecule has 5 atom stereocenters. The van der Waals surface area contributed by atoms with Crippen LogP contribution >= 0.6 is 0 Å². The third kappa shape index (κ3) is 9.25. The van der Waals surface area contributed by atoms with Gasteiger partial charge in [-0.05, 0) is 63.3 Å². The molecule has 6 heteroatoms. The molecule has 192 valence electrons. The van der Waals surface area contributed by atoms with Crippen molar-refractivity contribution in [2.24, 2.45) is 11.8 Å². The number of benzene rings is 1. The molecule has 0 spiro atoms. The lowest BCUT2D eigenvalue weighted by Gasteiger charge is -2.27. The van der Waals surface area contributed by atoms with Crippen LogP contribution in [0.5, 0.6) is 0 Å². The molecule has 1 aliphatic heterocycles. The van der Waals surface area contributed by atoms with Crippen molar-refractivity contribution >= 4 is 13.0 Å². The van der Waals surface area contributed by atoms with Crippen molar-refractivity contribution in [1.82, 2.24) is 5.32 Å². The second-order valence-corrected chi connectivity index (χ2v) is 9.93. The summed E-state index contributed by atoms with van der Waals surface area (Å²) in [7, 11) is -0.108. The molecule has 3 rings (SSSR count). The summed E-state index contributed by atoms with van der Waals surface area (Å²) < 4.78 is 12.7. The van der Waals surface area contributed by atoms with E-state index in [1.165, 1.54) is 5.56 Å². The number of amides is 1. The number of hydrogen-bond acceptors (Lipinski definition) is 4. The van der Waals surface area contributed by atoms with Crippen molar-refractivity contribution in [3.05, 3.63) is 60.2 Å². The number of carbonyl (C=O) groups is 1. The standard InChI is InChI=1S/C29H44BNO4/c1-3-5-21-30-34-27-22-28(35-30)26(20-19-24(32)18-17-23-13-9-8-10-14-23)25(27)15-11-6-7-12-16-29(33)31-4-2/h6,8-11,13-14,19-20,24-28,32H,3-5,7,12,15-18,21-22H2,1-2H3,(H,31,33)/b11-6-,20-19+/t24-,25-,26+,27?,28?/m1/s1. The van der Waals surface area contributed by atoms with E-state index >= 15 is 0 Å². The van der Waals surface area contributed by atoms with Crippen LogP contribution in [0.1, 0.15) is 70.8 Å². The van der Waals surface area contributed by atoms with Crippen molar-refractivity contribution in [3.8, 4) is 0 Å². The van der Waals surface area contributed by atoms with Gasteiger partial charge in [0.05, 0.1) is 12.2 Å². The third-order valence-electron chi connectivity index (χ3n) is 7.16. The fraction of sp³-hybridized carbons (Fsp3) is 0.621. The van der Waals surface area contributed by atoms with E-state index in [1.54, 1.807) is 0 Å². The Kier molecular flexibility index (Phi) is 12.1. The van der Waals surface area contributed by atoms with Gasteiger partial charge >= 0.3 is 7.12 Å². The molecule has 5 nitrogen and oxygen atoms in total. The topological polar surface area (TPSA) is 67.8 Å². The lowest BCUT2D eigenvalue weighted by atomic mass is 9.80. The quantitative estimate of drug-likeness (QED) is 0.197. The maximum Gasteiger partial charge on any atom is 0.457 e. The van der Waals surface area contributed by atoms with Crippen LogP contribution in [0.3, 0.4) is 0 Å². The second-order valence-electron chi connectivity index (χ2n) is 9.93. The SMILES string of the molecule is CCCCB1OC2CC(O1)[C@H](C/C=C\CCCC(=O)NCC)[C@@H]2/C=C/[C@H](O)CCc1ccccc1. The number of allylic oxidation sites excluding steroid dienone is 2. The van der Waals surface area contributed by atoms with Gasteiger partial charge in [-0.3, -0.25) is 4.79 Å². The number of carbonyl (C=O) groups excluding carboxylic acids is 1. The molecule has 0 radical (unpaired) electrons. The van der Waals surface area contributed by atoms with E-state index in [-0.39, 0.29) is 31.2 Å². The van der Waals surface area contributed by atoms with Crippen LogP contribution in [-0.2, 0) is 20.5 Å². The molecule has 1 aromatic carbocycles. The van der Waals surface area contributed by atoms with Crippen LogP contribution in [0.15, 0.2) is 54.6 Å². The number of unbranched alkanes of at least 4 members (excludes halogenated alkanes) is 2. The zero-order valence-corrected chi connectivity index (χ0v) is 21.6. The minimum atomic E-state index is -0.460. The van der Waals surface area contributed by atoms with Gasteiger partial charge in [0, 0.05) is 25.0 Å². The van der Waals surface area contributed by atoms with E-state index in [2.05, 4.69) is 42.6 Å². The summed E-state index contributed by atoms with van der Waals surface area (Å²) in [6, 6.07) is 10.3. The first-order valence-electron chi connectivity index (χ1n) is 13.7. The normalized spacial score (nSPS) is 24.9. The van der Waals surface area contributed by atoms with Crippen LogP contribution in [0.2, 0.25) is 6.32 Å². The molecule has 1 saturated heterocycles. The van der Waals surface area contributed by atoms with Crippen molar-refractivity contribution < 1.29 is 19.2 Å². The molecular formula is C29H44BNO4. The molecular weight excluding hydrogens is 437 g/mol.